The molecule has 1 unspecified atom stereocenters. The monoisotopic (exact) mass is 367 g/mol. The van der Waals surface area contributed by atoms with Crippen molar-refractivity contribution in [3.05, 3.63) is 69.7 Å². The van der Waals surface area contributed by atoms with Crippen molar-refractivity contribution in [3.8, 4) is 0 Å². The van der Waals surface area contributed by atoms with Crippen LogP contribution in [-0.4, -0.2) is 18.0 Å². The van der Waals surface area contributed by atoms with E-state index in [2.05, 4.69) is 36.1 Å². The van der Waals surface area contributed by atoms with E-state index in [1.54, 1.807) is 0 Å². The summed E-state index contributed by atoms with van der Waals surface area (Å²) in [7, 11) is 0. The first-order valence-corrected chi connectivity index (χ1v) is 8.85. The van der Waals surface area contributed by atoms with Crippen LogP contribution in [0, 0.1) is 6.92 Å². The predicted molar refractivity (Wildman–Crippen MR) is 94.9 cm³/mol. The Labute approximate surface area is 151 Å². The molecule has 0 radical (unpaired) electrons. The van der Waals surface area contributed by atoms with Crippen molar-refractivity contribution in [2.75, 3.05) is 13.1 Å². The van der Waals surface area contributed by atoms with E-state index >= 15 is 0 Å². The molecule has 0 aromatic heterocycles. The smallest absolute Gasteiger partial charge is 0.298 e. The molecule has 1 atom stereocenters. The van der Waals surface area contributed by atoms with Crippen molar-refractivity contribution >= 4 is 11.6 Å². The predicted octanol–water partition coefficient (Wildman–Crippen LogP) is 6.05. The molecule has 1 saturated heterocycles. The van der Waals surface area contributed by atoms with Crippen molar-refractivity contribution in [2.45, 2.75) is 38.4 Å². The van der Waals surface area contributed by atoms with Crippen molar-refractivity contribution in [1.82, 2.24) is 4.90 Å². The van der Waals surface area contributed by atoms with Crippen LogP contribution in [0.2, 0.25) is 5.02 Å². The molecule has 3 rings (SSSR count). The summed E-state index contributed by atoms with van der Waals surface area (Å²) in [6.07, 6.45) is -2.14. The van der Waals surface area contributed by atoms with Gasteiger partial charge in [0, 0.05) is 18.1 Å². The van der Waals surface area contributed by atoms with Gasteiger partial charge in [0.25, 0.3) is 0 Å². The van der Waals surface area contributed by atoms with E-state index in [0.717, 1.165) is 43.6 Å². The maximum absolute atomic E-state index is 12.8. The zero-order valence-corrected chi connectivity index (χ0v) is 14.9. The van der Waals surface area contributed by atoms with Gasteiger partial charge in [0.1, 0.15) is 0 Å². The highest BCUT2D eigenvalue weighted by Crippen LogP contribution is 2.33. The summed E-state index contributed by atoms with van der Waals surface area (Å²) in [5, 5.41) is 0.187. The summed E-state index contributed by atoms with van der Waals surface area (Å²) in [5.41, 5.74) is 2.62. The fourth-order valence-corrected chi connectivity index (χ4v) is 3.64. The summed E-state index contributed by atoms with van der Waals surface area (Å²) in [4.78, 5) is 2.28. The van der Waals surface area contributed by atoms with E-state index in [-0.39, 0.29) is 5.02 Å². The van der Waals surface area contributed by atoms with Crippen LogP contribution in [0.1, 0.15) is 41.0 Å². The lowest BCUT2D eigenvalue weighted by molar-refractivity contribution is -0.137. The number of nitrogens with zero attached hydrogens (tertiary/aromatic N) is 1. The van der Waals surface area contributed by atoms with Gasteiger partial charge in [-0.25, -0.2) is 0 Å². The molecule has 134 valence electrons. The molecule has 0 saturated carbocycles. The van der Waals surface area contributed by atoms with Crippen LogP contribution in [0.15, 0.2) is 42.5 Å². The fraction of sp³-hybridized carbons (Fsp3) is 0.400. The molecule has 0 N–H and O–H groups in total. The molecule has 1 nitrogen and oxygen atoms in total. The Kier molecular flexibility index (Phi) is 5.40. The Balaban J connectivity index is 1.69. The van der Waals surface area contributed by atoms with Gasteiger partial charge in [-0.15, -0.1) is 0 Å². The number of likely N-dealkylation sites (tertiary alicyclic amines) is 1. The van der Waals surface area contributed by atoms with Crippen molar-refractivity contribution < 1.29 is 13.2 Å². The minimum Gasteiger partial charge on any atom is -0.298 e. The van der Waals surface area contributed by atoms with Crippen molar-refractivity contribution in [3.63, 3.8) is 0 Å². The van der Waals surface area contributed by atoms with Gasteiger partial charge < -0.3 is 0 Å². The Morgan fingerprint density at radius 2 is 1.84 bits per heavy atom. The number of alkyl halides is 3. The van der Waals surface area contributed by atoms with Gasteiger partial charge in [-0.1, -0.05) is 47.5 Å². The topological polar surface area (TPSA) is 3.24 Å². The normalized spacial score (nSPS) is 19.2. The summed E-state index contributed by atoms with van der Waals surface area (Å²) in [6, 6.07) is 12.2. The van der Waals surface area contributed by atoms with E-state index in [4.69, 9.17) is 11.6 Å². The van der Waals surface area contributed by atoms with Crippen molar-refractivity contribution in [2.24, 2.45) is 0 Å². The molecule has 0 aliphatic carbocycles. The molecule has 0 amide bonds. The van der Waals surface area contributed by atoms with Gasteiger partial charge in [-0.2, -0.15) is 13.2 Å². The maximum Gasteiger partial charge on any atom is 0.416 e. The zero-order chi connectivity index (χ0) is 18.0. The molecule has 5 heteroatoms. The largest absolute Gasteiger partial charge is 0.416 e. The lowest BCUT2D eigenvalue weighted by Crippen LogP contribution is -2.34. The Morgan fingerprint density at radius 3 is 2.48 bits per heavy atom. The number of hydrogen-bond acceptors (Lipinski definition) is 1. The van der Waals surface area contributed by atoms with Gasteiger partial charge in [0.15, 0.2) is 0 Å². The highest BCUT2D eigenvalue weighted by atomic mass is 35.5. The number of halogens is 4. The van der Waals surface area contributed by atoms with Crippen molar-refractivity contribution in [1.29, 1.82) is 0 Å². The van der Waals surface area contributed by atoms with Gasteiger partial charge >= 0.3 is 6.18 Å². The molecular formula is C20H21ClF3N. The summed E-state index contributed by atoms with van der Waals surface area (Å²) in [6.45, 7) is 4.50. The standard InChI is InChI=1S/C20H21ClF3N/c1-14-4-6-15(7-5-14)16-3-2-10-25(12-16)13-17-8-9-18(11-19(17)21)20(22,23)24/h4-9,11,16H,2-3,10,12-13H2,1H3. The van der Waals surface area contributed by atoms with Crippen LogP contribution in [0.4, 0.5) is 13.2 Å². The number of rotatable bonds is 3. The second-order valence-electron chi connectivity index (χ2n) is 6.79. The molecule has 1 fully saturated rings. The maximum atomic E-state index is 12.8. The summed E-state index contributed by atoms with van der Waals surface area (Å²) in [5.74, 6) is 0.461. The Morgan fingerprint density at radius 1 is 1.12 bits per heavy atom. The van der Waals surface area contributed by atoms with E-state index in [9.17, 15) is 13.2 Å². The molecule has 0 spiro atoms. The average molecular weight is 368 g/mol. The highest BCUT2D eigenvalue weighted by Gasteiger charge is 2.31. The van der Waals surface area contributed by atoms with Gasteiger partial charge in [0.2, 0.25) is 0 Å². The quantitative estimate of drug-likeness (QED) is 0.638. The van der Waals surface area contributed by atoms with E-state index in [0.29, 0.717) is 12.5 Å². The molecule has 0 bridgehead atoms. The Bertz CT molecular complexity index is 725. The Hall–Kier alpha value is -1.52. The lowest BCUT2D eigenvalue weighted by atomic mass is 9.90. The first kappa shape index (κ1) is 18.3. The van der Waals surface area contributed by atoms with E-state index in [1.165, 1.54) is 17.2 Å². The van der Waals surface area contributed by atoms with E-state index in [1.807, 2.05) is 0 Å². The average Bonchev–Trinajstić information content (AvgIpc) is 2.57. The van der Waals surface area contributed by atoms with Crippen LogP contribution in [0.25, 0.3) is 0 Å². The third kappa shape index (κ3) is 4.56. The van der Waals surface area contributed by atoms with Crippen LogP contribution in [0.5, 0.6) is 0 Å². The molecule has 25 heavy (non-hydrogen) atoms. The molecule has 2 aromatic carbocycles. The summed E-state index contributed by atoms with van der Waals surface area (Å²) >= 11 is 6.10. The molecule has 1 aliphatic rings. The minimum absolute atomic E-state index is 0.187. The number of benzene rings is 2. The van der Waals surface area contributed by atoms with E-state index < -0.39 is 11.7 Å². The number of piperidine rings is 1. The zero-order valence-electron chi connectivity index (χ0n) is 14.1. The first-order chi connectivity index (χ1) is 11.8. The number of aryl methyl sites for hydroxylation is 1. The molecule has 1 aliphatic heterocycles. The third-order valence-corrected chi connectivity index (χ3v) is 5.18. The third-order valence-electron chi connectivity index (χ3n) is 4.83. The van der Waals surface area contributed by atoms with Crippen LogP contribution < -0.4 is 0 Å². The molecule has 1 heterocycles. The minimum atomic E-state index is -4.36. The highest BCUT2D eigenvalue weighted by molar-refractivity contribution is 6.31. The van der Waals surface area contributed by atoms with Crippen LogP contribution in [-0.2, 0) is 12.7 Å². The lowest BCUT2D eigenvalue weighted by Gasteiger charge is -2.33. The van der Waals surface area contributed by atoms with Gasteiger partial charge in [-0.05, 0) is 55.5 Å². The number of hydrogen-bond donors (Lipinski definition) is 0. The molecular weight excluding hydrogens is 347 g/mol. The second-order valence-corrected chi connectivity index (χ2v) is 7.20. The SMILES string of the molecule is Cc1ccc(C2CCCN(Cc3ccc(C(F)(F)F)cc3Cl)C2)cc1. The second kappa shape index (κ2) is 7.38. The van der Waals surface area contributed by atoms with Gasteiger partial charge in [0.05, 0.1) is 5.56 Å². The fourth-order valence-electron chi connectivity index (χ4n) is 3.40. The van der Waals surface area contributed by atoms with Crippen LogP contribution >= 0.6 is 11.6 Å². The van der Waals surface area contributed by atoms with Crippen LogP contribution in [0.3, 0.4) is 0 Å². The van der Waals surface area contributed by atoms with Gasteiger partial charge in [-0.3, -0.25) is 4.90 Å². The molecule has 2 aromatic rings. The first-order valence-electron chi connectivity index (χ1n) is 8.47. The summed E-state index contributed by atoms with van der Waals surface area (Å²) < 4.78 is 38.3.